The van der Waals surface area contributed by atoms with Crippen LogP contribution in [0, 0.1) is 0 Å². The molecular weight excluding hydrogens is 272 g/mol. The van der Waals surface area contributed by atoms with Gasteiger partial charge >= 0.3 is 0 Å². The van der Waals surface area contributed by atoms with Crippen molar-refractivity contribution in [2.45, 2.75) is 38.8 Å². The van der Waals surface area contributed by atoms with Crippen LogP contribution in [0.5, 0.6) is 5.75 Å². The summed E-state index contributed by atoms with van der Waals surface area (Å²) in [5.41, 5.74) is 0. The number of hydrogen-bond acceptors (Lipinski definition) is 3. The van der Waals surface area contributed by atoms with Crippen molar-refractivity contribution in [1.82, 2.24) is 10.2 Å². The van der Waals surface area contributed by atoms with Gasteiger partial charge in [0.05, 0.1) is 0 Å². The fourth-order valence-corrected chi connectivity index (χ4v) is 2.77. The Morgan fingerprint density at radius 2 is 2.30 bits per heavy atom. The summed E-state index contributed by atoms with van der Waals surface area (Å²) in [6.45, 7) is 8.41. The van der Waals surface area contributed by atoms with E-state index >= 15 is 0 Å². The lowest BCUT2D eigenvalue weighted by Gasteiger charge is -2.29. The van der Waals surface area contributed by atoms with E-state index < -0.39 is 0 Å². The first kappa shape index (κ1) is 15.6. The molecule has 0 radical (unpaired) electrons. The third-order valence-electron chi connectivity index (χ3n) is 3.79. The van der Waals surface area contributed by atoms with E-state index in [-0.39, 0.29) is 0 Å². The monoisotopic (exact) mass is 296 g/mol. The van der Waals surface area contributed by atoms with Crippen LogP contribution in [0.15, 0.2) is 24.3 Å². The van der Waals surface area contributed by atoms with Gasteiger partial charge in [-0.25, -0.2) is 0 Å². The molecule has 0 spiro atoms. The van der Waals surface area contributed by atoms with Gasteiger partial charge in [-0.3, -0.25) is 4.90 Å². The van der Waals surface area contributed by atoms with Gasteiger partial charge in [0.25, 0.3) is 0 Å². The minimum Gasteiger partial charge on any atom is -0.492 e. The second-order valence-corrected chi connectivity index (χ2v) is 6.12. The molecule has 1 unspecified atom stereocenters. The van der Waals surface area contributed by atoms with Crippen molar-refractivity contribution >= 4 is 11.6 Å². The molecule has 0 saturated carbocycles. The van der Waals surface area contributed by atoms with Gasteiger partial charge in [0.1, 0.15) is 12.4 Å². The van der Waals surface area contributed by atoms with E-state index in [0.29, 0.717) is 18.7 Å². The lowest BCUT2D eigenvalue weighted by atomic mass is 10.2. The SMILES string of the molecule is CC(C)N(CCOc1cccc(Cl)c1)CC1CCCN1. The zero-order valence-corrected chi connectivity index (χ0v) is 13.2. The van der Waals surface area contributed by atoms with E-state index in [2.05, 4.69) is 24.1 Å². The Morgan fingerprint density at radius 1 is 1.45 bits per heavy atom. The Balaban J connectivity index is 1.76. The molecule has 3 nitrogen and oxygen atoms in total. The van der Waals surface area contributed by atoms with Gasteiger partial charge < -0.3 is 10.1 Å². The Hall–Kier alpha value is -0.770. The highest BCUT2D eigenvalue weighted by Gasteiger charge is 2.19. The summed E-state index contributed by atoms with van der Waals surface area (Å²) in [5, 5.41) is 4.28. The van der Waals surface area contributed by atoms with E-state index in [0.717, 1.165) is 30.4 Å². The Bertz CT molecular complexity index is 405. The molecule has 1 saturated heterocycles. The third-order valence-corrected chi connectivity index (χ3v) is 4.03. The van der Waals surface area contributed by atoms with E-state index in [4.69, 9.17) is 16.3 Å². The largest absolute Gasteiger partial charge is 0.492 e. The molecule has 0 aromatic heterocycles. The summed E-state index contributed by atoms with van der Waals surface area (Å²) in [4.78, 5) is 2.48. The summed E-state index contributed by atoms with van der Waals surface area (Å²) in [5.74, 6) is 0.847. The van der Waals surface area contributed by atoms with Crippen molar-refractivity contribution in [1.29, 1.82) is 0 Å². The number of hydrogen-bond donors (Lipinski definition) is 1. The first-order chi connectivity index (χ1) is 9.65. The summed E-state index contributed by atoms with van der Waals surface area (Å²) in [6.07, 6.45) is 2.59. The van der Waals surface area contributed by atoms with Crippen LogP contribution in [0.1, 0.15) is 26.7 Å². The van der Waals surface area contributed by atoms with Gasteiger partial charge in [0, 0.05) is 30.2 Å². The third kappa shape index (κ3) is 4.97. The van der Waals surface area contributed by atoms with Crippen LogP contribution in [-0.4, -0.2) is 43.2 Å². The van der Waals surface area contributed by atoms with Crippen molar-refractivity contribution in [3.8, 4) is 5.75 Å². The zero-order chi connectivity index (χ0) is 14.4. The zero-order valence-electron chi connectivity index (χ0n) is 12.4. The van der Waals surface area contributed by atoms with Crippen molar-refractivity contribution in [2.24, 2.45) is 0 Å². The quantitative estimate of drug-likeness (QED) is 0.836. The van der Waals surface area contributed by atoms with Crippen LogP contribution in [0.25, 0.3) is 0 Å². The highest BCUT2D eigenvalue weighted by atomic mass is 35.5. The minimum absolute atomic E-state index is 0.542. The molecule has 1 fully saturated rings. The normalized spacial score (nSPS) is 18.9. The van der Waals surface area contributed by atoms with Crippen LogP contribution in [0.4, 0.5) is 0 Å². The minimum atomic E-state index is 0.542. The van der Waals surface area contributed by atoms with Gasteiger partial charge in [-0.2, -0.15) is 0 Å². The second-order valence-electron chi connectivity index (χ2n) is 5.69. The summed E-state index contributed by atoms with van der Waals surface area (Å²) in [6, 6.07) is 8.77. The molecule has 1 atom stereocenters. The predicted octanol–water partition coefficient (Wildman–Crippen LogP) is 3.18. The molecule has 4 heteroatoms. The summed E-state index contributed by atoms with van der Waals surface area (Å²) in [7, 11) is 0. The molecule has 1 N–H and O–H groups in total. The molecule has 1 aliphatic rings. The van der Waals surface area contributed by atoms with Crippen molar-refractivity contribution in [2.75, 3.05) is 26.2 Å². The highest BCUT2D eigenvalue weighted by molar-refractivity contribution is 6.30. The summed E-state index contributed by atoms with van der Waals surface area (Å²) >= 11 is 5.95. The number of halogens is 1. The lowest BCUT2D eigenvalue weighted by molar-refractivity contribution is 0.164. The molecule has 20 heavy (non-hydrogen) atoms. The Labute approximate surface area is 127 Å². The van der Waals surface area contributed by atoms with E-state index in [1.54, 1.807) is 0 Å². The molecule has 2 rings (SSSR count). The molecule has 1 aliphatic heterocycles. The average molecular weight is 297 g/mol. The van der Waals surface area contributed by atoms with Gasteiger partial charge in [0.15, 0.2) is 0 Å². The van der Waals surface area contributed by atoms with Gasteiger partial charge in [0.2, 0.25) is 0 Å². The van der Waals surface area contributed by atoms with E-state index in [9.17, 15) is 0 Å². The number of nitrogens with zero attached hydrogens (tertiary/aromatic N) is 1. The van der Waals surface area contributed by atoms with Crippen LogP contribution in [0.3, 0.4) is 0 Å². The van der Waals surface area contributed by atoms with Crippen LogP contribution in [0.2, 0.25) is 5.02 Å². The second kappa shape index (κ2) is 7.87. The molecule has 1 aromatic rings. The summed E-state index contributed by atoms with van der Waals surface area (Å²) < 4.78 is 5.79. The smallest absolute Gasteiger partial charge is 0.120 e. The van der Waals surface area contributed by atoms with Crippen molar-refractivity contribution < 1.29 is 4.74 Å². The first-order valence-electron chi connectivity index (χ1n) is 7.51. The Morgan fingerprint density at radius 3 is 2.95 bits per heavy atom. The topological polar surface area (TPSA) is 24.5 Å². The highest BCUT2D eigenvalue weighted by Crippen LogP contribution is 2.17. The number of ether oxygens (including phenoxy) is 1. The molecule has 0 aliphatic carbocycles. The average Bonchev–Trinajstić information content (AvgIpc) is 2.90. The molecule has 1 heterocycles. The Kier molecular flexibility index (Phi) is 6.14. The predicted molar refractivity (Wildman–Crippen MR) is 84.7 cm³/mol. The maximum Gasteiger partial charge on any atom is 0.120 e. The van der Waals surface area contributed by atoms with Crippen LogP contribution in [-0.2, 0) is 0 Å². The van der Waals surface area contributed by atoms with E-state index in [1.807, 2.05) is 24.3 Å². The first-order valence-corrected chi connectivity index (χ1v) is 7.89. The van der Waals surface area contributed by atoms with Crippen molar-refractivity contribution in [3.63, 3.8) is 0 Å². The van der Waals surface area contributed by atoms with Crippen molar-refractivity contribution in [3.05, 3.63) is 29.3 Å². The molecule has 0 amide bonds. The van der Waals surface area contributed by atoms with Gasteiger partial charge in [-0.1, -0.05) is 17.7 Å². The molecule has 0 bridgehead atoms. The number of rotatable bonds is 7. The molecular formula is C16H25ClN2O. The standard InChI is InChI=1S/C16H25ClN2O/c1-13(2)19(12-15-6-4-8-18-15)9-10-20-16-7-3-5-14(17)11-16/h3,5,7,11,13,15,18H,4,6,8-10,12H2,1-2H3. The fourth-order valence-electron chi connectivity index (χ4n) is 2.59. The van der Waals surface area contributed by atoms with Gasteiger partial charge in [-0.15, -0.1) is 0 Å². The molecule has 1 aromatic carbocycles. The maximum atomic E-state index is 5.95. The van der Waals surface area contributed by atoms with Crippen LogP contribution < -0.4 is 10.1 Å². The lowest BCUT2D eigenvalue weighted by Crippen LogP contribution is -2.43. The van der Waals surface area contributed by atoms with Crippen LogP contribution >= 0.6 is 11.6 Å². The van der Waals surface area contributed by atoms with E-state index in [1.165, 1.54) is 12.8 Å². The molecule has 112 valence electrons. The maximum absolute atomic E-state index is 5.95. The van der Waals surface area contributed by atoms with Gasteiger partial charge in [-0.05, 0) is 51.4 Å². The fraction of sp³-hybridized carbons (Fsp3) is 0.625. The number of nitrogens with one attached hydrogen (secondary N) is 1. The number of benzene rings is 1.